The molecule has 4 rings (SSSR count). The summed E-state index contributed by atoms with van der Waals surface area (Å²) in [6.07, 6.45) is 5.11. The van der Waals surface area contributed by atoms with E-state index in [0.717, 1.165) is 33.2 Å². The zero-order valence-corrected chi connectivity index (χ0v) is 15.9. The van der Waals surface area contributed by atoms with Gasteiger partial charge < -0.3 is 11.5 Å². The normalized spacial score (nSPS) is 12.6. The fourth-order valence-corrected chi connectivity index (χ4v) is 3.56. The lowest BCUT2D eigenvalue weighted by atomic mass is 9.92. The van der Waals surface area contributed by atoms with Gasteiger partial charge in [0.1, 0.15) is 0 Å². The molecule has 0 fully saturated rings. The smallest absolute Gasteiger partial charge is 0.272 e. The number of nitrogens with zero attached hydrogens (tertiary/aromatic N) is 3. The van der Waals surface area contributed by atoms with E-state index in [9.17, 15) is 4.79 Å². The van der Waals surface area contributed by atoms with Crippen molar-refractivity contribution in [3.63, 3.8) is 0 Å². The van der Waals surface area contributed by atoms with Crippen LogP contribution in [0.1, 0.15) is 16.8 Å². The zero-order valence-electron chi connectivity index (χ0n) is 15.9. The minimum absolute atomic E-state index is 0.210. The first kappa shape index (κ1) is 18.5. The number of aromatic amines is 1. The summed E-state index contributed by atoms with van der Waals surface area (Å²) in [7, 11) is 1.73. The van der Waals surface area contributed by atoms with Crippen LogP contribution in [0.2, 0.25) is 0 Å². The van der Waals surface area contributed by atoms with Gasteiger partial charge >= 0.3 is 0 Å². The molecule has 2 aromatic heterocycles. The van der Waals surface area contributed by atoms with Gasteiger partial charge in [0.15, 0.2) is 0 Å². The van der Waals surface area contributed by atoms with Gasteiger partial charge in [-0.15, -0.1) is 0 Å². The van der Waals surface area contributed by atoms with Crippen LogP contribution in [0, 0.1) is 0 Å². The maximum absolute atomic E-state index is 12.1. The van der Waals surface area contributed by atoms with E-state index in [1.165, 1.54) is 6.20 Å². The average molecular weight is 384 g/mol. The van der Waals surface area contributed by atoms with E-state index in [-0.39, 0.29) is 12.1 Å². The Morgan fingerprint density at radius 2 is 2.03 bits per heavy atom. The number of nitrogens with one attached hydrogen (secondary N) is 1. The minimum Gasteiger partial charge on any atom is -0.404 e. The highest BCUT2D eigenvalue weighted by molar-refractivity contribution is 6.35. The second-order valence-electron chi connectivity index (χ2n) is 6.52. The predicted octanol–water partition coefficient (Wildman–Crippen LogP) is 2.35. The molecule has 0 aliphatic rings. The van der Waals surface area contributed by atoms with E-state index >= 15 is 0 Å². The Bertz CT molecular complexity index is 1330. The van der Waals surface area contributed by atoms with Gasteiger partial charge in [0.2, 0.25) is 0 Å². The Labute approximate surface area is 166 Å². The lowest BCUT2D eigenvalue weighted by Gasteiger charge is -2.14. The molecule has 0 bridgehead atoms. The third-order valence-corrected chi connectivity index (χ3v) is 4.96. The number of nitrogens with two attached hydrogens (primary N) is 2. The van der Waals surface area contributed by atoms with Crippen molar-refractivity contribution in [3.05, 3.63) is 88.2 Å². The largest absolute Gasteiger partial charge is 0.404 e. The molecule has 2 aromatic carbocycles. The molecule has 0 amide bonds. The van der Waals surface area contributed by atoms with Gasteiger partial charge in [0, 0.05) is 54.1 Å². The van der Waals surface area contributed by atoms with Crippen molar-refractivity contribution in [2.24, 2.45) is 16.5 Å². The van der Waals surface area contributed by atoms with Crippen molar-refractivity contribution in [1.82, 2.24) is 15.2 Å². The highest BCUT2D eigenvalue weighted by atomic mass is 16.1. The fraction of sp³-hybridized carbons (Fsp3) is 0.0909. The van der Waals surface area contributed by atoms with E-state index in [0.29, 0.717) is 16.5 Å². The van der Waals surface area contributed by atoms with Crippen LogP contribution in [0.5, 0.6) is 0 Å². The number of benzene rings is 2. The number of aromatic nitrogens is 3. The Morgan fingerprint density at radius 3 is 2.79 bits per heavy atom. The van der Waals surface area contributed by atoms with Gasteiger partial charge in [-0.1, -0.05) is 24.3 Å². The molecule has 0 spiro atoms. The maximum atomic E-state index is 12.1. The first-order chi connectivity index (χ1) is 14.2. The first-order valence-electron chi connectivity index (χ1n) is 9.12. The molecule has 7 nitrogen and oxygen atoms in total. The van der Waals surface area contributed by atoms with E-state index in [1.54, 1.807) is 19.3 Å². The summed E-state index contributed by atoms with van der Waals surface area (Å²) in [6.45, 7) is 0.210. The number of H-pyrrole nitrogens is 1. The molecule has 5 N–H and O–H groups in total. The van der Waals surface area contributed by atoms with Crippen LogP contribution in [0.15, 0.2) is 70.8 Å². The SMILES string of the molecule is CN=C(/C(=C\N)c1ccc2c(=O)[nH]nc(CN)c2c1)c1cccc2ccncc12. The van der Waals surface area contributed by atoms with E-state index < -0.39 is 0 Å². The van der Waals surface area contributed by atoms with Gasteiger partial charge in [-0.3, -0.25) is 14.8 Å². The first-order valence-corrected chi connectivity index (χ1v) is 9.12. The van der Waals surface area contributed by atoms with E-state index in [2.05, 4.69) is 20.2 Å². The van der Waals surface area contributed by atoms with Crippen LogP contribution < -0.4 is 17.0 Å². The van der Waals surface area contributed by atoms with Crippen LogP contribution in [-0.2, 0) is 6.54 Å². The molecule has 0 aliphatic heterocycles. The van der Waals surface area contributed by atoms with Gasteiger partial charge in [0.05, 0.1) is 16.8 Å². The quantitative estimate of drug-likeness (QED) is 0.466. The van der Waals surface area contributed by atoms with Crippen LogP contribution in [0.25, 0.3) is 27.1 Å². The Hall–Kier alpha value is -3.84. The molecule has 0 saturated heterocycles. The number of hydrogen-bond donors (Lipinski definition) is 3. The number of fused-ring (bicyclic) bond motifs is 2. The van der Waals surface area contributed by atoms with Crippen LogP contribution >= 0.6 is 0 Å². The Morgan fingerprint density at radius 1 is 1.17 bits per heavy atom. The third-order valence-electron chi connectivity index (χ3n) is 4.96. The summed E-state index contributed by atoms with van der Waals surface area (Å²) in [5, 5.41) is 9.82. The minimum atomic E-state index is -0.258. The maximum Gasteiger partial charge on any atom is 0.272 e. The second-order valence-corrected chi connectivity index (χ2v) is 6.52. The van der Waals surface area contributed by atoms with Gasteiger partial charge in [-0.2, -0.15) is 5.10 Å². The highest BCUT2D eigenvalue weighted by Crippen LogP contribution is 2.27. The molecule has 29 heavy (non-hydrogen) atoms. The second kappa shape index (κ2) is 7.65. The van der Waals surface area contributed by atoms with Gasteiger partial charge in [-0.25, -0.2) is 5.10 Å². The summed E-state index contributed by atoms with van der Waals surface area (Å²) in [4.78, 5) is 20.9. The molecule has 0 aliphatic carbocycles. The molecular formula is C22H20N6O. The fourth-order valence-electron chi connectivity index (χ4n) is 3.56. The zero-order chi connectivity index (χ0) is 20.4. The number of pyridine rings is 1. The summed E-state index contributed by atoms with van der Waals surface area (Å²) < 4.78 is 0. The molecule has 2 heterocycles. The van der Waals surface area contributed by atoms with Crippen molar-refractivity contribution in [1.29, 1.82) is 0 Å². The monoisotopic (exact) mass is 384 g/mol. The molecule has 0 saturated carbocycles. The van der Waals surface area contributed by atoms with Crippen LogP contribution in [-0.4, -0.2) is 27.9 Å². The lowest BCUT2D eigenvalue weighted by molar-refractivity contribution is 0.900. The summed E-state index contributed by atoms with van der Waals surface area (Å²) in [5.74, 6) is 0. The highest BCUT2D eigenvalue weighted by Gasteiger charge is 2.16. The standard InChI is InChI=1S/C22H20N6O/c1-25-21(15-4-2-3-13-7-8-26-12-19(13)15)18(10-23)14-5-6-16-17(9-14)20(11-24)27-28-22(16)29/h2-10,12H,11,23-24H2,1H3,(H,28,29)/b18-10-,25-21?. The molecule has 4 aromatic rings. The van der Waals surface area contributed by atoms with Crippen molar-refractivity contribution < 1.29 is 0 Å². The summed E-state index contributed by atoms with van der Waals surface area (Å²) in [5.41, 5.74) is 15.4. The third kappa shape index (κ3) is 3.17. The topological polar surface area (TPSA) is 123 Å². The van der Waals surface area contributed by atoms with Crippen molar-refractivity contribution in [2.75, 3.05) is 7.05 Å². The van der Waals surface area contributed by atoms with Gasteiger partial charge in [0.25, 0.3) is 5.56 Å². The summed E-state index contributed by atoms with van der Waals surface area (Å²) >= 11 is 0. The van der Waals surface area contributed by atoms with E-state index in [1.807, 2.05) is 42.6 Å². The van der Waals surface area contributed by atoms with Crippen molar-refractivity contribution in [3.8, 4) is 0 Å². The average Bonchev–Trinajstić information content (AvgIpc) is 2.77. The van der Waals surface area contributed by atoms with Crippen LogP contribution in [0.3, 0.4) is 0 Å². The summed E-state index contributed by atoms with van der Waals surface area (Å²) in [6, 6.07) is 13.5. The number of hydrogen-bond acceptors (Lipinski definition) is 6. The number of rotatable bonds is 4. The lowest BCUT2D eigenvalue weighted by Crippen LogP contribution is -2.14. The molecule has 0 atom stereocenters. The number of aliphatic imine (C=N–C) groups is 1. The van der Waals surface area contributed by atoms with Gasteiger partial charge in [-0.05, 0) is 29.1 Å². The van der Waals surface area contributed by atoms with Crippen molar-refractivity contribution >= 4 is 32.8 Å². The van der Waals surface area contributed by atoms with E-state index in [4.69, 9.17) is 11.5 Å². The molecular weight excluding hydrogens is 364 g/mol. The van der Waals surface area contributed by atoms with Crippen molar-refractivity contribution in [2.45, 2.75) is 6.54 Å². The molecule has 0 radical (unpaired) electrons. The Balaban J connectivity index is 1.92. The van der Waals surface area contributed by atoms with Crippen LogP contribution in [0.4, 0.5) is 0 Å². The molecule has 7 heteroatoms. The molecule has 0 unspecified atom stereocenters. The molecule has 144 valence electrons. The predicted molar refractivity (Wildman–Crippen MR) is 117 cm³/mol. The Kier molecular flexibility index (Phi) is 4.88. The number of allylic oxidation sites excluding steroid dienone is 1.